The summed E-state index contributed by atoms with van der Waals surface area (Å²) in [5.74, 6) is 2.54. The number of carbonyl (C=O) groups is 1. The second kappa shape index (κ2) is 4.19. The summed E-state index contributed by atoms with van der Waals surface area (Å²) in [5, 5.41) is 0.769. The number of pyridine rings is 1. The number of rotatable bonds is 0. The molecule has 0 unspecified atom stereocenters. The zero-order valence-electron chi connectivity index (χ0n) is 10.6. The van der Waals surface area contributed by atoms with E-state index in [9.17, 15) is 4.79 Å². The molecule has 0 amide bonds. The zero-order chi connectivity index (χ0) is 13.3. The van der Waals surface area contributed by atoms with Crippen LogP contribution in [0.15, 0.2) is 24.5 Å². The van der Waals surface area contributed by atoms with Crippen LogP contribution in [0.4, 0.5) is 4.79 Å². The van der Waals surface area contributed by atoms with Crippen LogP contribution in [0.5, 0.6) is 0 Å². The lowest BCUT2D eigenvalue weighted by Gasteiger charge is -2.19. The molecule has 0 atom stereocenters. The van der Waals surface area contributed by atoms with E-state index in [2.05, 4.69) is 10.9 Å². The topological polar surface area (TPSA) is 44.1 Å². The van der Waals surface area contributed by atoms with Crippen molar-refractivity contribution in [3.8, 4) is 12.3 Å². The van der Waals surface area contributed by atoms with E-state index in [1.54, 1.807) is 18.5 Å². The van der Waals surface area contributed by atoms with E-state index in [4.69, 9.17) is 11.2 Å². The lowest BCUT2D eigenvalue weighted by molar-refractivity contribution is 0.0543. The molecule has 0 bridgehead atoms. The van der Waals surface area contributed by atoms with Crippen molar-refractivity contribution in [1.29, 1.82) is 0 Å². The number of fused-ring (bicyclic) bond motifs is 1. The third-order valence-electron chi connectivity index (χ3n) is 2.31. The molecule has 0 spiro atoms. The van der Waals surface area contributed by atoms with Gasteiger partial charge in [0, 0.05) is 17.8 Å². The summed E-state index contributed by atoms with van der Waals surface area (Å²) >= 11 is 0. The molecule has 0 aliphatic heterocycles. The standard InChI is InChI=1S/C14H14N2O2/c1-5-10-9-16(13(17)18-14(2,3)4)12-11(10)7-6-8-15-12/h1,6-9H,2-4H3. The zero-order valence-corrected chi connectivity index (χ0v) is 10.6. The lowest BCUT2D eigenvalue weighted by atomic mass is 10.2. The van der Waals surface area contributed by atoms with Crippen LogP contribution in [0.25, 0.3) is 11.0 Å². The van der Waals surface area contributed by atoms with Crippen molar-refractivity contribution >= 4 is 17.1 Å². The molecule has 2 aromatic rings. The fourth-order valence-electron chi connectivity index (χ4n) is 1.62. The highest BCUT2D eigenvalue weighted by Crippen LogP contribution is 2.20. The van der Waals surface area contributed by atoms with Crippen LogP contribution in [-0.2, 0) is 4.74 Å². The Morgan fingerprint density at radius 2 is 2.22 bits per heavy atom. The summed E-state index contributed by atoms with van der Waals surface area (Å²) in [6.45, 7) is 5.43. The third-order valence-corrected chi connectivity index (χ3v) is 2.31. The molecular formula is C14H14N2O2. The molecule has 0 aromatic carbocycles. The Labute approximate surface area is 106 Å². The summed E-state index contributed by atoms with van der Waals surface area (Å²) in [7, 11) is 0. The molecule has 2 heterocycles. The Morgan fingerprint density at radius 1 is 1.50 bits per heavy atom. The molecule has 92 valence electrons. The van der Waals surface area contributed by atoms with Crippen molar-refractivity contribution in [2.75, 3.05) is 0 Å². The number of nitrogens with zero attached hydrogens (tertiary/aromatic N) is 2. The number of ether oxygens (including phenoxy) is 1. The molecule has 0 fully saturated rings. The Kier molecular flexibility index (Phi) is 2.84. The summed E-state index contributed by atoms with van der Waals surface area (Å²) in [4.78, 5) is 16.2. The summed E-state index contributed by atoms with van der Waals surface area (Å²) < 4.78 is 6.65. The molecule has 0 aliphatic rings. The largest absolute Gasteiger partial charge is 0.443 e. The van der Waals surface area contributed by atoms with Crippen LogP contribution in [0.1, 0.15) is 26.3 Å². The van der Waals surface area contributed by atoms with Gasteiger partial charge in [-0.05, 0) is 32.9 Å². The predicted octanol–water partition coefficient (Wildman–Crippen LogP) is 2.80. The van der Waals surface area contributed by atoms with Gasteiger partial charge in [-0.2, -0.15) is 0 Å². The van der Waals surface area contributed by atoms with Crippen LogP contribution >= 0.6 is 0 Å². The van der Waals surface area contributed by atoms with Crippen molar-refractivity contribution in [3.05, 3.63) is 30.1 Å². The molecule has 2 rings (SSSR count). The minimum atomic E-state index is -0.557. The van der Waals surface area contributed by atoms with Crippen molar-refractivity contribution in [3.63, 3.8) is 0 Å². The van der Waals surface area contributed by atoms with E-state index in [1.807, 2.05) is 26.8 Å². The highest BCUT2D eigenvalue weighted by atomic mass is 16.6. The highest BCUT2D eigenvalue weighted by Gasteiger charge is 2.20. The molecule has 0 saturated heterocycles. The molecule has 0 radical (unpaired) electrons. The van der Waals surface area contributed by atoms with Gasteiger partial charge in [0.1, 0.15) is 5.60 Å². The van der Waals surface area contributed by atoms with Gasteiger partial charge in [-0.25, -0.2) is 14.3 Å². The van der Waals surface area contributed by atoms with Gasteiger partial charge < -0.3 is 4.74 Å². The van der Waals surface area contributed by atoms with E-state index in [1.165, 1.54) is 4.57 Å². The molecule has 4 nitrogen and oxygen atoms in total. The van der Waals surface area contributed by atoms with Crippen molar-refractivity contribution in [2.45, 2.75) is 26.4 Å². The number of aromatic nitrogens is 2. The van der Waals surface area contributed by atoms with Gasteiger partial charge in [-0.1, -0.05) is 5.92 Å². The highest BCUT2D eigenvalue weighted by molar-refractivity contribution is 5.91. The first-order valence-electron chi connectivity index (χ1n) is 5.58. The second-order valence-electron chi connectivity index (χ2n) is 4.91. The Hall–Kier alpha value is -2.28. The first-order valence-corrected chi connectivity index (χ1v) is 5.58. The third kappa shape index (κ3) is 2.21. The Bertz CT molecular complexity index is 642. The first kappa shape index (κ1) is 12.2. The van der Waals surface area contributed by atoms with Crippen LogP contribution in [-0.4, -0.2) is 21.2 Å². The molecule has 2 aromatic heterocycles. The van der Waals surface area contributed by atoms with Gasteiger partial charge >= 0.3 is 6.09 Å². The predicted molar refractivity (Wildman–Crippen MR) is 69.3 cm³/mol. The number of carbonyl (C=O) groups excluding carboxylic acids is 1. The van der Waals surface area contributed by atoms with Crippen molar-refractivity contribution in [2.24, 2.45) is 0 Å². The van der Waals surface area contributed by atoms with E-state index in [0.29, 0.717) is 11.2 Å². The molecule has 0 N–H and O–H groups in total. The van der Waals surface area contributed by atoms with E-state index in [0.717, 1.165) is 5.39 Å². The SMILES string of the molecule is C#Cc1cn(C(=O)OC(C)(C)C)c2ncccc12. The summed E-state index contributed by atoms with van der Waals surface area (Å²) in [5.41, 5.74) is 0.585. The average molecular weight is 242 g/mol. The van der Waals surface area contributed by atoms with Gasteiger partial charge in [0.05, 0.1) is 5.56 Å². The summed E-state index contributed by atoms with van der Waals surface area (Å²) in [6.07, 6.45) is 8.12. The smallest absolute Gasteiger partial charge is 0.420 e. The van der Waals surface area contributed by atoms with Gasteiger partial charge in [-0.15, -0.1) is 6.42 Å². The van der Waals surface area contributed by atoms with E-state index >= 15 is 0 Å². The maximum Gasteiger partial charge on any atom is 0.420 e. The molecule has 0 aliphatic carbocycles. The molecule has 0 saturated carbocycles. The maximum atomic E-state index is 12.0. The van der Waals surface area contributed by atoms with Gasteiger partial charge in [-0.3, -0.25) is 0 Å². The minimum absolute atomic E-state index is 0.479. The van der Waals surface area contributed by atoms with Gasteiger partial charge in [0.25, 0.3) is 0 Å². The van der Waals surface area contributed by atoms with Crippen molar-refractivity contribution < 1.29 is 9.53 Å². The maximum absolute atomic E-state index is 12.0. The number of hydrogen-bond acceptors (Lipinski definition) is 3. The van der Waals surface area contributed by atoms with Gasteiger partial charge in [0.2, 0.25) is 0 Å². The second-order valence-corrected chi connectivity index (χ2v) is 4.91. The van der Waals surface area contributed by atoms with E-state index in [-0.39, 0.29) is 0 Å². The first-order chi connectivity index (χ1) is 8.42. The number of hydrogen-bond donors (Lipinski definition) is 0. The van der Waals surface area contributed by atoms with Gasteiger partial charge in [0.15, 0.2) is 5.65 Å². The molecule has 4 heteroatoms. The molecular weight excluding hydrogens is 228 g/mol. The van der Waals surface area contributed by atoms with Crippen LogP contribution in [0.3, 0.4) is 0 Å². The quantitative estimate of drug-likeness (QED) is 0.667. The summed E-state index contributed by atoms with van der Waals surface area (Å²) in [6, 6.07) is 3.61. The van der Waals surface area contributed by atoms with E-state index < -0.39 is 11.7 Å². The lowest BCUT2D eigenvalue weighted by Crippen LogP contribution is -2.26. The normalized spacial score (nSPS) is 11.2. The minimum Gasteiger partial charge on any atom is -0.443 e. The fourth-order valence-corrected chi connectivity index (χ4v) is 1.62. The Morgan fingerprint density at radius 3 is 2.83 bits per heavy atom. The Balaban J connectivity index is 2.53. The van der Waals surface area contributed by atoms with Crippen LogP contribution in [0, 0.1) is 12.3 Å². The fraction of sp³-hybridized carbons (Fsp3) is 0.286. The number of terminal acetylenes is 1. The van der Waals surface area contributed by atoms with Crippen molar-refractivity contribution in [1.82, 2.24) is 9.55 Å². The van der Waals surface area contributed by atoms with Crippen LogP contribution < -0.4 is 0 Å². The average Bonchev–Trinajstić information content (AvgIpc) is 2.65. The molecule has 18 heavy (non-hydrogen) atoms. The van der Waals surface area contributed by atoms with Crippen LogP contribution in [0.2, 0.25) is 0 Å². The monoisotopic (exact) mass is 242 g/mol.